The number of thiazole rings is 1. The van der Waals surface area contributed by atoms with E-state index >= 15 is 0 Å². The highest BCUT2D eigenvalue weighted by molar-refractivity contribution is 7.13. The Kier molecular flexibility index (Phi) is 3.93. The van der Waals surface area contributed by atoms with Crippen molar-refractivity contribution in [2.45, 2.75) is 38.8 Å². The lowest BCUT2D eigenvalue weighted by molar-refractivity contribution is -0.121. The fourth-order valence-electron chi connectivity index (χ4n) is 3.05. The molecule has 1 amide bonds. The molecule has 3 aromatic heterocycles. The monoisotopic (exact) mass is 342 g/mol. The van der Waals surface area contributed by atoms with E-state index < -0.39 is 0 Å². The fraction of sp³-hybridized carbons (Fsp3) is 0.353. The van der Waals surface area contributed by atoms with Crippen LogP contribution >= 0.6 is 11.3 Å². The lowest BCUT2D eigenvalue weighted by atomic mass is 10.1. The summed E-state index contributed by atoms with van der Waals surface area (Å²) in [6, 6.07) is 3.86. The van der Waals surface area contributed by atoms with Gasteiger partial charge in [0.15, 0.2) is 10.8 Å². The van der Waals surface area contributed by atoms with Gasteiger partial charge in [-0.3, -0.25) is 4.79 Å². The molecule has 0 saturated heterocycles. The molecule has 0 aliphatic carbocycles. The van der Waals surface area contributed by atoms with Gasteiger partial charge in [-0.25, -0.2) is 9.97 Å². The summed E-state index contributed by atoms with van der Waals surface area (Å²) in [4.78, 5) is 21.3. The summed E-state index contributed by atoms with van der Waals surface area (Å²) in [7, 11) is 0. The first-order valence-electron chi connectivity index (χ1n) is 7.97. The molecule has 0 unspecified atom stereocenters. The molecule has 6 nitrogen and oxygen atoms in total. The minimum Gasteiger partial charge on any atom is -0.462 e. The number of hydrogen-bond acceptors (Lipinski definition) is 5. The van der Waals surface area contributed by atoms with E-state index in [1.165, 1.54) is 11.3 Å². The van der Waals surface area contributed by atoms with Crippen molar-refractivity contribution in [2.24, 2.45) is 0 Å². The van der Waals surface area contributed by atoms with Crippen molar-refractivity contribution in [1.82, 2.24) is 19.9 Å². The third-order valence-corrected chi connectivity index (χ3v) is 5.01. The highest BCUT2D eigenvalue weighted by atomic mass is 32.1. The van der Waals surface area contributed by atoms with Gasteiger partial charge in [0, 0.05) is 30.6 Å². The topological polar surface area (TPSA) is 73.0 Å². The second-order valence-corrected chi connectivity index (χ2v) is 6.91. The van der Waals surface area contributed by atoms with Crippen LogP contribution in [-0.4, -0.2) is 26.5 Å². The van der Waals surface area contributed by atoms with Crippen molar-refractivity contribution in [3.8, 4) is 10.8 Å². The Bertz CT molecular complexity index is 850. The second kappa shape index (κ2) is 6.24. The van der Waals surface area contributed by atoms with Crippen molar-refractivity contribution in [1.29, 1.82) is 0 Å². The molecule has 4 rings (SSSR count). The van der Waals surface area contributed by atoms with Crippen molar-refractivity contribution >= 4 is 17.2 Å². The van der Waals surface area contributed by atoms with E-state index in [-0.39, 0.29) is 11.9 Å². The number of aromatic nitrogens is 3. The number of furan rings is 1. The summed E-state index contributed by atoms with van der Waals surface area (Å²) >= 11 is 1.49. The van der Waals surface area contributed by atoms with Crippen LogP contribution in [-0.2, 0) is 24.2 Å². The molecule has 0 radical (unpaired) electrons. The molecule has 24 heavy (non-hydrogen) atoms. The van der Waals surface area contributed by atoms with Gasteiger partial charge < -0.3 is 14.3 Å². The lowest BCUT2D eigenvalue weighted by Crippen LogP contribution is -2.41. The van der Waals surface area contributed by atoms with Crippen molar-refractivity contribution in [3.63, 3.8) is 0 Å². The van der Waals surface area contributed by atoms with Crippen LogP contribution in [0, 0.1) is 6.92 Å². The Balaban J connectivity index is 1.36. The van der Waals surface area contributed by atoms with Gasteiger partial charge in [-0.05, 0) is 25.5 Å². The van der Waals surface area contributed by atoms with Crippen molar-refractivity contribution in [3.05, 3.63) is 47.2 Å². The molecule has 1 atom stereocenters. The number of carbonyl (C=O) groups is 1. The Hall–Kier alpha value is -2.41. The van der Waals surface area contributed by atoms with Crippen LogP contribution in [0.5, 0.6) is 0 Å². The SMILES string of the molecule is Cc1cn2c(n1)CC[C@@H](NC(=O)Cc1csc(-c3ccco3)n1)C2. The van der Waals surface area contributed by atoms with Crippen LogP contribution in [0.25, 0.3) is 10.8 Å². The Morgan fingerprint density at radius 1 is 1.50 bits per heavy atom. The fourth-order valence-corrected chi connectivity index (χ4v) is 3.83. The predicted octanol–water partition coefficient (Wildman–Crippen LogP) is 2.58. The van der Waals surface area contributed by atoms with Crippen molar-refractivity contribution in [2.75, 3.05) is 0 Å². The predicted molar refractivity (Wildman–Crippen MR) is 90.7 cm³/mol. The second-order valence-electron chi connectivity index (χ2n) is 6.05. The maximum atomic E-state index is 12.3. The number of hydrogen-bond donors (Lipinski definition) is 1. The van der Waals surface area contributed by atoms with E-state index in [9.17, 15) is 4.79 Å². The standard InChI is InChI=1S/C17H18N4O2S/c1-11-8-21-9-12(4-5-15(21)18-11)19-16(22)7-13-10-24-17(20-13)14-3-2-6-23-14/h2-3,6,8,10,12H,4-5,7,9H2,1H3,(H,19,22)/t12-/m1/s1. The molecule has 1 aliphatic rings. The molecule has 1 N–H and O–H groups in total. The number of imidazole rings is 1. The third-order valence-electron chi connectivity index (χ3n) is 4.10. The maximum Gasteiger partial charge on any atom is 0.226 e. The molecule has 4 heterocycles. The quantitative estimate of drug-likeness (QED) is 0.791. The van der Waals surface area contributed by atoms with Crippen LogP contribution in [0.15, 0.2) is 34.4 Å². The van der Waals surface area contributed by atoms with Gasteiger partial charge in [-0.15, -0.1) is 11.3 Å². The number of carbonyl (C=O) groups excluding carboxylic acids is 1. The first-order chi connectivity index (χ1) is 11.7. The van der Waals surface area contributed by atoms with E-state index in [0.717, 1.165) is 47.4 Å². The smallest absolute Gasteiger partial charge is 0.226 e. The van der Waals surface area contributed by atoms with Gasteiger partial charge in [0.1, 0.15) is 5.82 Å². The van der Waals surface area contributed by atoms with Crippen LogP contribution < -0.4 is 5.32 Å². The number of nitrogens with one attached hydrogen (secondary N) is 1. The molecular formula is C17H18N4O2S. The van der Waals surface area contributed by atoms with Crippen LogP contribution in [0.2, 0.25) is 0 Å². The summed E-state index contributed by atoms with van der Waals surface area (Å²) in [5.74, 6) is 1.86. The first kappa shape index (κ1) is 15.1. The van der Waals surface area contributed by atoms with Gasteiger partial charge >= 0.3 is 0 Å². The zero-order valence-electron chi connectivity index (χ0n) is 13.4. The van der Waals surface area contributed by atoms with Crippen LogP contribution in [0.1, 0.15) is 23.6 Å². The molecule has 0 bridgehead atoms. The van der Waals surface area contributed by atoms with Gasteiger partial charge in [0.2, 0.25) is 5.91 Å². The Labute approximate surface area is 143 Å². The van der Waals surface area contributed by atoms with Crippen molar-refractivity contribution < 1.29 is 9.21 Å². The summed E-state index contributed by atoms with van der Waals surface area (Å²) < 4.78 is 7.47. The zero-order valence-corrected chi connectivity index (χ0v) is 14.2. The molecular weight excluding hydrogens is 324 g/mol. The maximum absolute atomic E-state index is 12.3. The number of amides is 1. The molecule has 3 aromatic rings. The van der Waals surface area contributed by atoms with Gasteiger partial charge in [-0.2, -0.15) is 0 Å². The molecule has 1 aliphatic heterocycles. The van der Waals surface area contributed by atoms with E-state index in [4.69, 9.17) is 4.42 Å². The Morgan fingerprint density at radius 2 is 2.42 bits per heavy atom. The van der Waals surface area contributed by atoms with E-state index in [0.29, 0.717) is 6.42 Å². The third kappa shape index (κ3) is 3.12. The summed E-state index contributed by atoms with van der Waals surface area (Å²) in [6.07, 6.45) is 5.79. The summed E-state index contributed by atoms with van der Waals surface area (Å²) in [5.41, 5.74) is 1.81. The lowest BCUT2D eigenvalue weighted by Gasteiger charge is -2.24. The molecule has 7 heteroatoms. The largest absolute Gasteiger partial charge is 0.462 e. The first-order valence-corrected chi connectivity index (χ1v) is 8.85. The highest BCUT2D eigenvalue weighted by Gasteiger charge is 2.21. The number of aryl methyl sites for hydroxylation is 2. The number of nitrogens with zero attached hydrogens (tertiary/aromatic N) is 3. The van der Waals surface area contributed by atoms with E-state index in [2.05, 4.69) is 19.9 Å². The summed E-state index contributed by atoms with van der Waals surface area (Å²) in [6.45, 7) is 2.79. The zero-order chi connectivity index (χ0) is 16.5. The highest BCUT2D eigenvalue weighted by Crippen LogP contribution is 2.24. The minimum absolute atomic E-state index is 0.0107. The molecule has 0 saturated carbocycles. The van der Waals surface area contributed by atoms with Gasteiger partial charge in [0.25, 0.3) is 0 Å². The number of rotatable bonds is 4. The van der Waals surface area contributed by atoms with E-state index in [1.807, 2.05) is 30.6 Å². The van der Waals surface area contributed by atoms with Crippen LogP contribution in [0.3, 0.4) is 0 Å². The Morgan fingerprint density at radius 3 is 3.25 bits per heavy atom. The molecule has 0 spiro atoms. The van der Waals surface area contributed by atoms with E-state index in [1.54, 1.807) is 6.26 Å². The minimum atomic E-state index is 0.0107. The molecule has 0 aromatic carbocycles. The normalized spacial score (nSPS) is 16.8. The molecule has 124 valence electrons. The number of fused-ring (bicyclic) bond motifs is 1. The average Bonchev–Trinajstić information content (AvgIpc) is 3.25. The molecule has 0 fully saturated rings. The summed E-state index contributed by atoms with van der Waals surface area (Å²) in [5, 5.41) is 5.83. The van der Waals surface area contributed by atoms with Gasteiger partial charge in [0.05, 0.1) is 24.1 Å². The van der Waals surface area contributed by atoms with Crippen LogP contribution in [0.4, 0.5) is 0 Å². The van der Waals surface area contributed by atoms with Gasteiger partial charge in [-0.1, -0.05) is 0 Å². The average molecular weight is 342 g/mol.